The number of aromatic hydroxyl groups is 1. The van der Waals surface area contributed by atoms with Gasteiger partial charge in [-0.3, -0.25) is 4.98 Å². The van der Waals surface area contributed by atoms with Crippen molar-refractivity contribution in [2.24, 2.45) is 0 Å². The first-order valence-corrected chi connectivity index (χ1v) is 4.66. The van der Waals surface area contributed by atoms with E-state index in [1.54, 1.807) is 12.1 Å². The van der Waals surface area contributed by atoms with Crippen molar-refractivity contribution in [3.63, 3.8) is 0 Å². The van der Waals surface area contributed by atoms with Gasteiger partial charge in [0.05, 0.1) is 5.52 Å². The van der Waals surface area contributed by atoms with Crippen LogP contribution < -0.4 is 0 Å². The number of pyridine rings is 1. The summed E-state index contributed by atoms with van der Waals surface area (Å²) in [5.41, 5.74) is 4.40. The van der Waals surface area contributed by atoms with E-state index in [1.807, 2.05) is 13.0 Å². The summed E-state index contributed by atoms with van der Waals surface area (Å²) < 4.78 is 0. The molecule has 2 nitrogen and oxygen atoms in total. The highest BCUT2D eigenvalue weighted by molar-refractivity contribution is 5.84. The van der Waals surface area contributed by atoms with Gasteiger partial charge in [0.15, 0.2) is 0 Å². The Kier molecular flexibility index (Phi) is 1.92. The van der Waals surface area contributed by atoms with Crippen molar-refractivity contribution < 1.29 is 5.11 Å². The lowest BCUT2D eigenvalue weighted by Gasteiger charge is -2.08. The third-order valence-corrected chi connectivity index (χ3v) is 2.78. The highest BCUT2D eigenvalue weighted by Gasteiger charge is 2.05. The van der Waals surface area contributed by atoms with Crippen molar-refractivity contribution in [2.45, 2.75) is 20.8 Å². The maximum Gasteiger partial charge on any atom is 0.116 e. The minimum absolute atomic E-state index is 0.297. The van der Waals surface area contributed by atoms with Crippen molar-refractivity contribution in [2.75, 3.05) is 0 Å². The molecule has 2 rings (SSSR count). The van der Waals surface area contributed by atoms with Crippen LogP contribution in [0.5, 0.6) is 5.75 Å². The lowest BCUT2D eigenvalue weighted by Crippen LogP contribution is -1.92. The third-order valence-electron chi connectivity index (χ3n) is 2.78. The monoisotopic (exact) mass is 187 g/mol. The molecule has 14 heavy (non-hydrogen) atoms. The molecule has 0 fully saturated rings. The van der Waals surface area contributed by atoms with E-state index in [2.05, 4.69) is 18.8 Å². The van der Waals surface area contributed by atoms with Gasteiger partial charge in [-0.2, -0.15) is 0 Å². The molecular formula is C12H13NO. The smallest absolute Gasteiger partial charge is 0.116 e. The number of rotatable bonds is 0. The molecule has 0 spiro atoms. The Labute approximate surface area is 83.2 Å². The van der Waals surface area contributed by atoms with E-state index in [1.165, 1.54) is 11.1 Å². The van der Waals surface area contributed by atoms with Crippen LogP contribution in [0.25, 0.3) is 10.9 Å². The maximum absolute atomic E-state index is 9.39. The van der Waals surface area contributed by atoms with E-state index in [-0.39, 0.29) is 0 Å². The first kappa shape index (κ1) is 9.00. The number of phenols is 1. The minimum Gasteiger partial charge on any atom is -0.508 e. The number of fused-ring (bicyclic) bond motifs is 1. The first-order chi connectivity index (χ1) is 6.59. The van der Waals surface area contributed by atoms with Crippen LogP contribution in [0.2, 0.25) is 0 Å². The van der Waals surface area contributed by atoms with Gasteiger partial charge in [0.2, 0.25) is 0 Å². The van der Waals surface area contributed by atoms with Crippen LogP contribution in [0.4, 0.5) is 0 Å². The Morgan fingerprint density at radius 3 is 2.50 bits per heavy atom. The molecule has 1 heterocycles. The van der Waals surface area contributed by atoms with Gasteiger partial charge < -0.3 is 5.11 Å². The summed E-state index contributed by atoms with van der Waals surface area (Å²) in [4.78, 5) is 4.47. The summed E-state index contributed by atoms with van der Waals surface area (Å²) in [6, 6.07) is 5.29. The number of benzene rings is 1. The average molecular weight is 187 g/mol. The summed E-state index contributed by atoms with van der Waals surface area (Å²) >= 11 is 0. The third kappa shape index (κ3) is 1.23. The van der Waals surface area contributed by atoms with E-state index in [4.69, 9.17) is 0 Å². The van der Waals surface area contributed by atoms with Crippen molar-refractivity contribution in [3.05, 3.63) is 35.0 Å². The summed E-state index contributed by atoms with van der Waals surface area (Å²) in [7, 11) is 0. The lowest BCUT2D eigenvalue weighted by atomic mass is 10.0. The number of hydrogen-bond donors (Lipinski definition) is 1. The zero-order valence-corrected chi connectivity index (χ0v) is 8.63. The van der Waals surface area contributed by atoms with E-state index < -0.39 is 0 Å². The SMILES string of the molecule is Cc1nc2ccc(O)cc2c(C)c1C. The number of nitrogens with zero attached hydrogens (tertiary/aromatic N) is 1. The van der Waals surface area contributed by atoms with Crippen molar-refractivity contribution >= 4 is 10.9 Å². The molecular weight excluding hydrogens is 174 g/mol. The number of aryl methyl sites for hydroxylation is 2. The molecule has 0 radical (unpaired) electrons. The molecule has 0 saturated carbocycles. The largest absolute Gasteiger partial charge is 0.508 e. The van der Waals surface area contributed by atoms with Crippen LogP contribution in [-0.4, -0.2) is 10.1 Å². The van der Waals surface area contributed by atoms with Gasteiger partial charge in [0, 0.05) is 11.1 Å². The van der Waals surface area contributed by atoms with Crippen LogP contribution in [0, 0.1) is 20.8 Å². The van der Waals surface area contributed by atoms with Gasteiger partial charge in [-0.25, -0.2) is 0 Å². The van der Waals surface area contributed by atoms with E-state index in [9.17, 15) is 5.11 Å². The van der Waals surface area contributed by atoms with E-state index >= 15 is 0 Å². The molecule has 0 aliphatic heterocycles. The zero-order chi connectivity index (χ0) is 10.3. The molecule has 2 aromatic rings. The molecule has 0 aliphatic rings. The fraction of sp³-hybridized carbons (Fsp3) is 0.250. The fourth-order valence-electron chi connectivity index (χ4n) is 1.66. The second-order valence-electron chi connectivity index (χ2n) is 3.65. The van der Waals surface area contributed by atoms with Gasteiger partial charge in [-0.15, -0.1) is 0 Å². The molecule has 1 N–H and O–H groups in total. The molecule has 0 bridgehead atoms. The number of aromatic nitrogens is 1. The Morgan fingerprint density at radius 1 is 1.07 bits per heavy atom. The highest BCUT2D eigenvalue weighted by atomic mass is 16.3. The Bertz CT molecular complexity index is 503. The summed E-state index contributed by atoms with van der Waals surface area (Å²) in [5, 5.41) is 10.4. The van der Waals surface area contributed by atoms with Crippen LogP contribution in [-0.2, 0) is 0 Å². The van der Waals surface area contributed by atoms with Gasteiger partial charge in [-0.1, -0.05) is 0 Å². The summed E-state index contributed by atoms with van der Waals surface area (Å²) in [6.07, 6.45) is 0. The van der Waals surface area contributed by atoms with E-state index in [0.29, 0.717) is 5.75 Å². The zero-order valence-electron chi connectivity index (χ0n) is 8.63. The summed E-state index contributed by atoms with van der Waals surface area (Å²) in [6.45, 7) is 6.13. The molecule has 1 aromatic carbocycles. The molecule has 0 unspecified atom stereocenters. The lowest BCUT2D eigenvalue weighted by molar-refractivity contribution is 0.476. The highest BCUT2D eigenvalue weighted by Crippen LogP contribution is 2.24. The van der Waals surface area contributed by atoms with Crippen LogP contribution >= 0.6 is 0 Å². The molecule has 1 aromatic heterocycles. The second-order valence-corrected chi connectivity index (χ2v) is 3.65. The Balaban J connectivity index is 2.92. The first-order valence-electron chi connectivity index (χ1n) is 4.66. The normalized spacial score (nSPS) is 10.8. The average Bonchev–Trinajstić information content (AvgIpc) is 2.16. The predicted molar refractivity (Wildman–Crippen MR) is 57.6 cm³/mol. The number of hydrogen-bond acceptors (Lipinski definition) is 2. The van der Waals surface area contributed by atoms with Crippen molar-refractivity contribution in [3.8, 4) is 5.75 Å². The standard InChI is InChI=1S/C12H13NO/c1-7-8(2)11-6-10(14)4-5-12(11)13-9(7)3/h4-6,14H,1-3H3. The molecule has 72 valence electrons. The quantitative estimate of drug-likeness (QED) is 0.688. The molecule has 0 saturated heterocycles. The van der Waals surface area contributed by atoms with Gasteiger partial charge in [0.1, 0.15) is 5.75 Å². The van der Waals surface area contributed by atoms with Crippen LogP contribution in [0.15, 0.2) is 18.2 Å². The van der Waals surface area contributed by atoms with Crippen molar-refractivity contribution in [1.29, 1.82) is 0 Å². The van der Waals surface area contributed by atoms with Gasteiger partial charge in [-0.05, 0) is 50.1 Å². The number of phenolic OH excluding ortho intramolecular Hbond substituents is 1. The molecule has 0 amide bonds. The van der Waals surface area contributed by atoms with Crippen LogP contribution in [0.3, 0.4) is 0 Å². The predicted octanol–water partition coefficient (Wildman–Crippen LogP) is 2.87. The van der Waals surface area contributed by atoms with Crippen molar-refractivity contribution in [1.82, 2.24) is 4.98 Å². The molecule has 0 atom stereocenters. The Morgan fingerprint density at radius 2 is 1.79 bits per heavy atom. The maximum atomic E-state index is 9.39. The fourth-order valence-corrected chi connectivity index (χ4v) is 1.66. The van der Waals surface area contributed by atoms with Gasteiger partial charge >= 0.3 is 0 Å². The topological polar surface area (TPSA) is 33.1 Å². The van der Waals surface area contributed by atoms with Crippen LogP contribution in [0.1, 0.15) is 16.8 Å². The van der Waals surface area contributed by atoms with E-state index in [0.717, 1.165) is 16.6 Å². The minimum atomic E-state index is 0.297. The molecule has 2 heteroatoms. The summed E-state index contributed by atoms with van der Waals surface area (Å²) in [5.74, 6) is 0.297. The Hall–Kier alpha value is -1.57. The van der Waals surface area contributed by atoms with Gasteiger partial charge in [0.25, 0.3) is 0 Å². The second kappa shape index (κ2) is 2.98. The molecule has 0 aliphatic carbocycles.